The van der Waals surface area contributed by atoms with Gasteiger partial charge >= 0.3 is 0 Å². The molecule has 5 aromatic carbocycles. The second kappa shape index (κ2) is 11.6. The van der Waals surface area contributed by atoms with Gasteiger partial charge in [-0.1, -0.05) is 127 Å². The first-order valence-electron chi connectivity index (χ1n) is 14.3. The lowest BCUT2D eigenvalue weighted by atomic mass is 9.94. The highest BCUT2D eigenvalue weighted by Crippen LogP contribution is 2.34. The lowest BCUT2D eigenvalue weighted by molar-refractivity contribution is 0.100. The molecule has 0 aliphatic carbocycles. The van der Waals surface area contributed by atoms with Gasteiger partial charge < -0.3 is 0 Å². The summed E-state index contributed by atoms with van der Waals surface area (Å²) in [5.41, 5.74) is 5.26. The molecule has 0 saturated heterocycles. The number of ketones is 2. The van der Waals surface area contributed by atoms with Crippen LogP contribution in [0.4, 0.5) is 0 Å². The molecule has 0 aliphatic rings. The van der Waals surface area contributed by atoms with Crippen molar-refractivity contribution in [2.45, 2.75) is 0 Å². The van der Waals surface area contributed by atoms with E-state index in [4.69, 9.17) is 10.2 Å². The molecular weight excluding hydrogens is 544 g/mol. The van der Waals surface area contributed by atoms with Crippen LogP contribution in [-0.2, 0) is 0 Å². The van der Waals surface area contributed by atoms with E-state index in [1.54, 1.807) is 27.7 Å². The van der Waals surface area contributed by atoms with E-state index in [1.165, 1.54) is 0 Å². The minimum Gasteiger partial charge on any atom is -0.288 e. The maximum absolute atomic E-state index is 14.8. The van der Waals surface area contributed by atoms with Crippen molar-refractivity contribution in [1.29, 1.82) is 0 Å². The van der Waals surface area contributed by atoms with E-state index >= 15 is 0 Å². The number of rotatable bonds is 8. The first-order valence-corrected chi connectivity index (χ1v) is 14.3. The molecule has 0 atom stereocenters. The fourth-order valence-electron chi connectivity index (χ4n) is 5.33. The van der Waals surface area contributed by atoms with Crippen molar-refractivity contribution in [3.05, 3.63) is 180 Å². The largest absolute Gasteiger partial charge is 0.288 e. The van der Waals surface area contributed by atoms with Gasteiger partial charge in [-0.25, -0.2) is 9.36 Å². The number of hydrogen-bond acceptors (Lipinski definition) is 4. The first-order chi connectivity index (χ1) is 21.7. The van der Waals surface area contributed by atoms with Crippen molar-refractivity contribution in [1.82, 2.24) is 19.6 Å². The Labute approximate surface area is 254 Å². The smallest absolute Gasteiger partial charge is 0.217 e. The van der Waals surface area contributed by atoms with E-state index in [1.807, 2.05) is 140 Å². The molecule has 6 heteroatoms. The van der Waals surface area contributed by atoms with Gasteiger partial charge in [-0.05, 0) is 24.3 Å². The molecule has 0 unspecified atom stereocenters. The molecule has 0 amide bonds. The van der Waals surface area contributed by atoms with Crippen LogP contribution in [-0.4, -0.2) is 31.1 Å². The Kier molecular flexibility index (Phi) is 7.06. The van der Waals surface area contributed by atoms with Crippen molar-refractivity contribution in [3.8, 4) is 33.9 Å². The topological polar surface area (TPSA) is 69.8 Å². The Balaban J connectivity index is 1.51. The van der Waals surface area contributed by atoms with Gasteiger partial charge in [0.2, 0.25) is 5.78 Å². The van der Waals surface area contributed by atoms with E-state index in [0.29, 0.717) is 22.5 Å². The van der Waals surface area contributed by atoms with Crippen molar-refractivity contribution in [2.24, 2.45) is 0 Å². The highest BCUT2D eigenvalue weighted by molar-refractivity contribution is 6.22. The molecule has 0 spiro atoms. The minimum absolute atomic E-state index is 0.0614. The van der Waals surface area contributed by atoms with Crippen molar-refractivity contribution < 1.29 is 9.59 Å². The van der Waals surface area contributed by atoms with Crippen LogP contribution in [0.3, 0.4) is 0 Å². The fourth-order valence-corrected chi connectivity index (χ4v) is 5.33. The third-order valence-corrected chi connectivity index (χ3v) is 7.44. The maximum Gasteiger partial charge on any atom is 0.217 e. The predicted molar refractivity (Wildman–Crippen MR) is 171 cm³/mol. The molecule has 0 saturated carbocycles. The van der Waals surface area contributed by atoms with Crippen LogP contribution < -0.4 is 0 Å². The summed E-state index contributed by atoms with van der Waals surface area (Å²) in [7, 11) is 0. The third-order valence-electron chi connectivity index (χ3n) is 7.44. The minimum atomic E-state index is -0.392. The maximum atomic E-state index is 14.8. The quantitative estimate of drug-likeness (QED) is 0.175. The lowest BCUT2D eigenvalue weighted by Crippen LogP contribution is -2.11. The number of para-hydroxylation sites is 2. The van der Waals surface area contributed by atoms with Crippen molar-refractivity contribution in [3.63, 3.8) is 0 Å². The van der Waals surface area contributed by atoms with Crippen LogP contribution in [0.15, 0.2) is 158 Å². The average molecular weight is 571 g/mol. The SMILES string of the molecule is O=C(c1cn(-c2ccccc2)nc1-c1ccccc1)c1nn(-c2ccccc2)c(-c2ccccc2)c1C(=O)c1ccccc1. The molecule has 6 nitrogen and oxygen atoms in total. The zero-order valence-electron chi connectivity index (χ0n) is 23.6. The molecular formula is C38H26N4O2. The molecule has 0 radical (unpaired) electrons. The van der Waals surface area contributed by atoms with Crippen LogP contribution in [0.1, 0.15) is 32.0 Å². The third kappa shape index (κ3) is 4.95. The molecule has 210 valence electrons. The van der Waals surface area contributed by atoms with Crippen LogP contribution in [0.25, 0.3) is 33.9 Å². The van der Waals surface area contributed by atoms with Crippen molar-refractivity contribution >= 4 is 11.6 Å². The predicted octanol–water partition coefficient (Wildman–Crippen LogP) is 7.85. The van der Waals surface area contributed by atoms with Gasteiger partial charge in [0.15, 0.2) is 5.78 Å². The molecule has 0 N–H and O–H groups in total. The highest BCUT2D eigenvalue weighted by Gasteiger charge is 2.32. The van der Waals surface area contributed by atoms with Crippen molar-refractivity contribution in [2.75, 3.05) is 0 Å². The zero-order valence-corrected chi connectivity index (χ0v) is 23.6. The monoisotopic (exact) mass is 570 g/mol. The standard InChI is InChI=1S/C38H26N4O2/c43-37(29-20-10-3-11-21-29)33-35(40-42(31-24-14-5-15-25-31)36(33)28-18-8-2-9-19-28)38(44)32-26-41(30-22-12-4-13-23-30)39-34(32)27-16-6-1-7-17-27/h1-26H. The molecule has 44 heavy (non-hydrogen) atoms. The average Bonchev–Trinajstić information content (AvgIpc) is 3.73. The Bertz CT molecular complexity index is 2070. The summed E-state index contributed by atoms with van der Waals surface area (Å²) in [4.78, 5) is 29.2. The summed E-state index contributed by atoms with van der Waals surface area (Å²) in [6.07, 6.45) is 1.72. The van der Waals surface area contributed by atoms with E-state index in [2.05, 4.69) is 0 Å². The summed E-state index contributed by atoms with van der Waals surface area (Å²) in [6.45, 7) is 0. The summed E-state index contributed by atoms with van der Waals surface area (Å²) in [5, 5.41) is 9.76. The van der Waals surface area contributed by atoms with Crippen LogP contribution in [0.5, 0.6) is 0 Å². The number of nitrogens with zero attached hydrogens (tertiary/aromatic N) is 4. The van der Waals surface area contributed by atoms with Gasteiger partial charge in [-0.15, -0.1) is 0 Å². The second-order valence-corrected chi connectivity index (χ2v) is 10.2. The van der Waals surface area contributed by atoms with E-state index in [9.17, 15) is 9.59 Å². The van der Waals surface area contributed by atoms with Gasteiger partial charge in [0, 0.05) is 22.9 Å². The fraction of sp³-hybridized carbons (Fsp3) is 0. The van der Waals surface area contributed by atoms with Crippen LogP contribution >= 0.6 is 0 Å². The van der Waals surface area contributed by atoms with E-state index in [-0.39, 0.29) is 17.0 Å². The summed E-state index contributed by atoms with van der Waals surface area (Å²) >= 11 is 0. The molecule has 2 heterocycles. The summed E-state index contributed by atoms with van der Waals surface area (Å²) in [5.74, 6) is -0.677. The number of carbonyl (C=O) groups is 2. The van der Waals surface area contributed by atoms with Gasteiger partial charge in [0.25, 0.3) is 0 Å². The Morgan fingerprint density at radius 1 is 0.500 bits per heavy atom. The number of benzene rings is 5. The number of carbonyl (C=O) groups excluding carboxylic acids is 2. The summed E-state index contributed by atoms with van der Waals surface area (Å²) in [6, 6.07) is 47.4. The van der Waals surface area contributed by atoms with Gasteiger partial charge in [0.1, 0.15) is 11.4 Å². The number of aromatic nitrogens is 4. The summed E-state index contributed by atoms with van der Waals surface area (Å²) < 4.78 is 3.39. The highest BCUT2D eigenvalue weighted by atomic mass is 16.1. The first kappa shape index (κ1) is 26.7. The Morgan fingerprint density at radius 3 is 1.59 bits per heavy atom. The van der Waals surface area contributed by atoms with Gasteiger partial charge in [-0.3, -0.25) is 9.59 Å². The molecule has 0 fully saturated rings. The molecule has 0 aliphatic heterocycles. The zero-order chi connectivity index (χ0) is 29.9. The van der Waals surface area contributed by atoms with Crippen LogP contribution in [0.2, 0.25) is 0 Å². The van der Waals surface area contributed by atoms with E-state index < -0.39 is 5.78 Å². The normalized spacial score (nSPS) is 10.9. The lowest BCUT2D eigenvalue weighted by Gasteiger charge is -2.10. The molecule has 0 bridgehead atoms. The van der Waals surface area contributed by atoms with Crippen LogP contribution in [0, 0.1) is 0 Å². The molecule has 7 rings (SSSR count). The molecule has 2 aromatic heterocycles. The van der Waals surface area contributed by atoms with Gasteiger partial charge in [0.05, 0.1) is 28.2 Å². The number of hydrogen-bond donors (Lipinski definition) is 0. The molecule has 7 aromatic rings. The van der Waals surface area contributed by atoms with Gasteiger partial charge in [-0.2, -0.15) is 10.2 Å². The second-order valence-electron chi connectivity index (χ2n) is 10.2. The Morgan fingerprint density at radius 2 is 1.00 bits per heavy atom. The van der Waals surface area contributed by atoms with E-state index in [0.717, 1.165) is 22.5 Å². The Hall–Kier alpha value is -6.14.